The van der Waals surface area contributed by atoms with Gasteiger partial charge in [-0.2, -0.15) is 9.97 Å². The molecule has 0 bridgehead atoms. The molecule has 0 atom stereocenters. The Morgan fingerprint density at radius 3 is 2.19 bits per heavy atom. The Labute approximate surface area is 93.0 Å². The van der Waals surface area contributed by atoms with E-state index in [1.54, 1.807) is 7.05 Å². The molecule has 1 N–H and O–H groups in total. The largest absolute Gasteiger partial charge is 0.480 e. The Morgan fingerprint density at radius 2 is 1.81 bits per heavy atom. The molecule has 1 rings (SSSR count). The average molecular weight is 220 g/mol. The maximum absolute atomic E-state index is 10.5. The van der Waals surface area contributed by atoms with Gasteiger partial charge in [0.1, 0.15) is 6.54 Å². The summed E-state index contributed by atoms with van der Waals surface area (Å²) in [6, 6.07) is 0. The van der Waals surface area contributed by atoms with Crippen LogP contribution in [0.2, 0.25) is 0 Å². The van der Waals surface area contributed by atoms with Crippen molar-refractivity contribution in [3.05, 3.63) is 24.8 Å². The Bertz CT molecular complexity index is 405. The molecular formula is C10H12N4O2. The molecule has 0 aliphatic heterocycles. The van der Waals surface area contributed by atoms with Crippen LogP contribution in [0.1, 0.15) is 11.6 Å². The molecule has 6 nitrogen and oxygen atoms in total. The number of rotatable bonds is 5. The number of hydrogen-bond donors (Lipinski definition) is 1. The Hall–Kier alpha value is -2.24. The van der Waals surface area contributed by atoms with E-state index in [-0.39, 0.29) is 12.5 Å². The molecule has 0 fully saturated rings. The zero-order valence-corrected chi connectivity index (χ0v) is 8.92. The van der Waals surface area contributed by atoms with Gasteiger partial charge in [-0.25, -0.2) is 4.98 Å². The molecule has 1 aromatic heterocycles. The maximum Gasteiger partial charge on any atom is 0.323 e. The van der Waals surface area contributed by atoms with Crippen LogP contribution < -0.4 is 4.90 Å². The standard InChI is InChI=1S/C10H12N4O2/c1-4-7-11-8(5-2)13-10(12-7)14(3)6-9(15)16/h4-5H,1-2,6H2,3H3,(H,15,16). The Morgan fingerprint density at radius 1 is 1.31 bits per heavy atom. The zero-order chi connectivity index (χ0) is 12.1. The van der Waals surface area contributed by atoms with Crippen molar-refractivity contribution in [1.82, 2.24) is 15.0 Å². The molecule has 84 valence electrons. The highest BCUT2D eigenvalue weighted by atomic mass is 16.4. The van der Waals surface area contributed by atoms with Crippen LogP contribution in [0.3, 0.4) is 0 Å². The van der Waals surface area contributed by atoms with Crippen molar-refractivity contribution in [1.29, 1.82) is 0 Å². The van der Waals surface area contributed by atoms with Gasteiger partial charge in [-0.05, 0) is 12.2 Å². The topological polar surface area (TPSA) is 79.2 Å². The summed E-state index contributed by atoms with van der Waals surface area (Å²) in [7, 11) is 1.59. The monoisotopic (exact) mass is 220 g/mol. The molecule has 0 aliphatic carbocycles. The first-order valence-electron chi connectivity index (χ1n) is 4.50. The van der Waals surface area contributed by atoms with Gasteiger partial charge in [0.2, 0.25) is 5.95 Å². The number of hydrogen-bond acceptors (Lipinski definition) is 5. The number of carboxylic acid groups (broad SMARTS) is 1. The average Bonchev–Trinajstić information content (AvgIpc) is 2.27. The summed E-state index contributed by atoms with van der Waals surface area (Å²) < 4.78 is 0. The lowest BCUT2D eigenvalue weighted by molar-refractivity contribution is -0.135. The number of aromatic nitrogens is 3. The highest BCUT2D eigenvalue weighted by Crippen LogP contribution is 2.07. The minimum absolute atomic E-state index is 0.183. The first-order chi connectivity index (χ1) is 7.56. The van der Waals surface area contributed by atoms with Crippen molar-refractivity contribution in [2.24, 2.45) is 0 Å². The van der Waals surface area contributed by atoms with E-state index < -0.39 is 5.97 Å². The predicted molar refractivity (Wildman–Crippen MR) is 60.9 cm³/mol. The quantitative estimate of drug-likeness (QED) is 0.786. The molecule has 1 aromatic rings. The Kier molecular flexibility index (Phi) is 3.71. The summed E-state index contributed by atoms with van der Waals surface area (Å²) in [5.74, 6) is 0.0969. The SMILES string of the molecule is C=Cc1nc(C=C)nc(N(C)CC(=O)O)n1. The van der Waals surface area contributed by atoms with Crippen LogP contribution in [0.5, 0.6) is 0 Å². The fourth-order valence-corrected chi connectivity index (χ4v) is 1.02. The van der Waals surface area contributed by atoms with Crippen LogP contribution in [0, 0.1) is 0 Å². The summed E-state index contributed by atoms with van der Waals surface area (Å²) in [6.07, 6.45) is 2.93. The Balaban J connectivity index is 3.06. The lowest BCUT2D eigenvalue weighted by Crippen LogP contribution is -2.27. The lowest BCUT2D eigenvalue weighted by atomic mass is 10.5. The van der Waals surface area contributed by atoms with E-state index >= 15 is 0 Å². The first-order valence-corrected chi connectivity index (χ1v) is 4.50. The predicted octanol–water partition coefficient (Wildman–Crippen LogP) is 0.678. The second-order valence-electron chi connectivity index (χ2n) is 3.01. The maximum atomic E-state index is 10.5. The van der Waals surface area contributed by atoms with Gasteiger partial charge in [0.05, 0.1) is 0 Å². The van der Waals surface area contributed by atoms with Crippen molar-refractivity contribution in [2.45, 2.75) is 0 Å². The highest BCUT2D eigenvalue weighted by molar-refractivity contribution is 5.72. The molecule has 0 saturated heterocycles. The summed E-state index contributed by atoms with van der Waals surface area (Å²) in [5, 5.41) is 8.65. The van der Waals surface area contributed by atoms with Crippen LogP contribution in [0.15, 0.2) is 13.2 Å². The fraction of sp³-hybridized carbons (Fsp3) is 0.200. The van der Waals surface area contributed by atoms with Crippen LogP contribution in [0.4, 0.5) is 5.95 Å². The molecule has 16 heavy (non-hydrogen) atoms. The molecular weight excluding hydrogens is 208 g/mol. The van der Waals surface area contributed by atoms with Crippen LogP contribution in [-0.2, 0) is 4.79 Å². The number of nitrogens with zero attached hydrogens (tertiary/aromatic N) is 4. The third-order valence-electron chi connectivity index (χ3n) is 1.74. The number of carbonyl (C=O) groups is 1. The summed E-state index contributed by atoms with van der Waals surface area (Å²) >= 11 is 0. The molecule has 0 saturated carbocycles. The van der Waals surface area contributed by atoms with Gasteiger partial charge in [-0.1, -0.05) is 13.2 Å². The van der Waals surface area contributed by atoms with E-state index in [9.17, 15) is 4.79 Å². The van der Waals surface area contributed by atoms with E-state index in [4.69, 9.17) is 5.11 Å². The molecule has 0 spiro atoms. The smallest absolute Gasteiger partial charge is 0.323 e. The van der Waals surface area contributed by atoms with Gasteiger partial charge in [0.25, 0.3) is 0 Å². The second-order valence-corrected chi connectivity index (χ2v) is 3.01. The molecule has 0 radical (unpaired) electrons. The van der Waals surface area contributed by atoms with Crippen molar-refractivity contribution < 1.29 is 9.90 Å². The van der Waals surface area contributed by atoms with Crippen molar-refractivity contribution in [2.75, 3.05) is 18.5 Å². The van der Waals surface area contributed by atoms with Crippen LogP contribution in [-0.4, -0.2) is 39.6 Å². The van der Waals surface area contributed by atoms with Gasteiger partial charge in [0, 0.05) is 7.05 Å². The molecule has 0 aromatic carbocycles. The number of likely N-dealkylation sites (N-methyl/N-ethyl adjacent to an activating group) is 1. The van der Waals surface area contributed by atoms with Gasteiger partial charge in [0.15, 0.2) is 11.6 Å². The summed E-state index contributed by atoms with van der Waals surface area (Å²) in [6.45, 7) is 6.91. The van der Waals surface area contributed by atoms with Gasteiger partial charge < -0.3 is 10.0 Å². The van der Waals surface area contributed by atoms with E-state index in [1.165, 1.54) is 17.1 Å². The molecule has 6 heteroatoms. The fourth-order valence-electron chi connectivity index (χ4n) is 1.02. The van der Waals surface area contributed by atoms with E-state index in [1.807, 2.05) is 0 Å². The molecule has 0 unspecified atom stereocenters. The minimum Gasteiger partial charge on any atom is -0.480 e. The minimum atomic E-state index is -0.955. The van der Waals surface area contributed by atoms with Crippen LogP contribution in [0.25, 0.3) is 12.2 Å². The number of aliphatic carboxylic acids is 1. The third kappa shape index (κ3) is 2.88. The van der Waals surface area contributed by atoms with Crippen molar-refractivity contribution in [3.8, 4) is 0 Å². The van der Waals surface area contributed by atoms with Crippen molar-refractivity contribution in [3.63, 3.8) is 0 Å². The summed E-state index contributed by atoms with van der Waals surface area (Å²) in [5.41, 5.74) is 0. The lowest BCUT2D eigenvalue weighted by Gasteiger charge is -2.14. The molecule has 0 aliphatic rings. The highest BCUT2D eigenvalue weighted by Gasteiger charge is 2.10. The first kappa shape index (κ1) is 11.8. The van der Waals surface area contributed by atoms with E-state index in [2.05, 4.69) is 28.1 Å². The zero-order valence-electron chi connectivity index (χ0n) is 8.92. The van der Waals surface area contributed by atoms with E-state index in [0.717, 1.165) is 0 Å². The van der Waals surface area contributed by atoms with Crippen molar-refractivity contribution >= 4 is 24.1 Å². The summed E-state index contributed by atoms with van der Waals surface area (Å²) in [4.78, 5) is 24.0. The molecule has 1 heterocycles. The molecule has 0 amide bonds. The van der Waals surface area contributed by atoms with E-state index in [0.29, 0.717) is 11.6 Å². The van der Waals surface area contributed by atoms with Gasteiger partial charge in [-0.15, -0.1) is 0 Å². The van der Waals surface area contributed by atoms with Gasteiger partial charge in [-0.3, -0.25) is 4.79 Å². The van der Waals surface area contributed by atoms with Crippen LogP contribution >= 0.6 is 0 Å². The van der Waals surface area contributed by atoms with Gasteiger partial charge >= 0.3 is 5.97 Å². The second kappa shape index (κ2) is 5.01. The third-order valence-corrected chi connectivity index (χ3v) is 1.74. The normalized spacial score (nSPS) is 9.56. The number of anilines is 1. The number of carboxylic acids is 1.